The molecule has 1 aromatic rings. The van der Waals surface area contributed by atoms with Crippen molar-refractivity contribution in [3.05, 3.63) is 35.3 Å². The molecule has 19 heavy (non-hydrogen) atoms. The van der Waals surface area contributed by atoms with Crippen molar-refractivity contribution < 1.29 is 9.52 Å². The zero-order valence-corrected chi connectivity index (χ0v) is 11.2. The smallest absolute Gasteiger partial charge is 0.251 e. The molecule has 0 radical (unpaired) electrons. The summed E-state index contributed by atoms with van der Waals surface area (Å²) in [6, 6.07) is 3.36. The van der Waals surface area contributed by atoms with E-state index < -0.39 is 0 Å². The molecular weight excluding hydrogens is 240 g/mol. The number of nitrogens with one attached hydrogen (secondary N) is 1. The van der Waals surface area contributed by atoms with Crippen molar-refractivity contribution in [1.29, 1.82) is 0 Å². The van der Waals surface area contributed by atoms with Gasteiger partial charge in [-0.15, -0.1) is 0 Å². The molecule has 1 aromatic heterocycles. The van der Waals surface area contributed by atoms with Gasteiger partial charge in [-0.1, -0.05) is 6.42 Å². The summed E-state index contributed by atoms with van der Waals surface area (Å²) in [5.41, 5.74) is 0.558. The van der Waals surface area contributed by atoms with Gasteiger partial charge in [0.1, 0.15) is 0 Å². The Morgan fingerprint density at radius 3 is 2.68 bits per heavy atom. The number of pyridine rings is 1. The highest BCUT2D eigenvalue weighted by Crippen LogP contribution is 2.49. The van der Waals surface area contributed by atoms with Gasteiger partial charge in [0, 0.05) is 18.2 Å². The van der Waals surface area contributed by atoms with Crippen molar-refractivity contribution in [1.82, 2.24) is 5.32 Å². The lowest BCUT2D eigenvalue weighted by molar-refractivity contribution is -0.605. The number of hydrogen-bond acceptors (Lipinski definition) is 2. The van der Waals surface area contributed by atoms with Crippen LogP contribution >= 0.6 is 0 Å². The SMILES string of the molecule is C[C@H](NC(=O)c1cc[n+]([O-])cc1)[C@H]1C[C@H]2CC[C@H]1C2. The Kier molecular flexibility index (Phi) is 3.17. The fourth-order valence-electron chi connectivity index (χ4n) is 3.87. The van der Waals surface area contributed by atoms with E-state index in [1.54, 1.807) is 12.1 Å². The number of carbonyl (C=O) groups excluding carboxylic acids is 1. The monoisotopic (exact) mass is 260 g/mol. The van der Waals surface area contributed by atoms with E-state index in [4.69, 9.17) is 0 Å². The number of fused-ring (bicyclic) bond motifs is 2. The van der Waals surface area contributed by atoms with Crippen molar-refractivity contribution >= 4 is 5.91 Å². The van der Waals surface area contributed by atoms with Crippen LogP contribution in [0.2, 0.25) is 0 Å². The predicted octanol–water partition coefficient (Wildman–Crippen LogP) is 1.87. The third-order valence-corrected chi connectivity index (χ3v) is 4.86. The molecule has 3 rings (SSSR count). The lowest BCUT2D eigenvalue weighted by Crippen LogP contribution is -2.40. The molecule has 2 aliphatic rings. The summed E-state index contributed by atoms with van der Waals surface area (Å²) in [7, 11) is 0. The molecule has 0 spiro atoms. The molecule has 2 bridgehead atoms. The van der Waals surface area contributed by atoms with Crippen LogP contribution < -0.4 is 10.0 Å². The normalized spacial score (nSPS) is 30.3. The number of carbonyl (C=O) groups is 1. The van der Waals surface area contributed by atoms with Gasteiger partial charge in [-0.25, -0.2) is 0 Å². The molecule has 1 heterocycles. The second-order valence-corrected chi connectivity index (χ2v) is 6.05. The molecule has 1 N–H and O–H groups in total. The Balaban J connectivity index is 1.61. The molecule has 0 saturated heterocycles. The fraction of sp³-hybridized carbons (Fsp3) is 0.600. The van der Waals surface area contributed by atoms with E-state index >= 15 is 0 Å². The highest BCUT2D eigenvalue weighted by molar-refractivity contribution is 5.94. The first-order valence-corrected chi connectivity index (χ1v) is 7.13. The van der Waals surface area contributed by atoms with Crippen LogP contribution in [0.25, 0.3) is 0 Å². The van der Waals surface area contributed by atoms with E-state index in [9.17, 15) is 10.0 Å². The first kappa shape index (κ1) is 12.5. The van der Waals surface area contributed by atoms with Crippen molar-refractivity contribution in [2.24, 2.45) is 17.8 Å². The summed E-state index contributed by atoms with van der Waals surface area (Å²) in [4.78, 5) is 12.1. The predicted molar refractivity (Wildman–Crippen MR) is 71.3 cm³/mol. The zero-order valence-electron chi connectivity index (χ0n) is 11.2. The molecular formula is C15H20N2O2. The number of hydrogen-bond donors (Lipinski definition) is 1. The Morgan fingerprint density at radius 1 is 1.37 bits per heavy atom. The third-order valence-electron chi connectivity index (χ3n) is 4.86. The van der Waals surface area contributed by atoms with E-state index in [1.165, 1.54) is 38.1 Å². The lowest BCUT2D eigenvalue weighted by Gasteiger charge is -2.28. The molecule has 2 fully saturated rings. The second-order valence-electron chi connectivity index (χ2n) is 6.05. The molecule has 4 heteroatoms. The van der Waals surface area contributed by atoms with Crippen LogP contribution in [-0.2, 0) is 0 Å². The van der Waals surface area contributed by atoms with E-state index in [0.29, 0.717) is 16.2 Å². The summed E-state index contributed by atoms with van der Waals surface area (Å²) >= 11 is 0. The van der Waals surface area contributed by atoms with Gasteiger partial charge in [-0.05, 0) is 43.9 Å². The molecule has 0 aromatic carbocycles. The minimum absolute atomic E-state index is 0.0733. The van der Waals surface area contributed by atoms with Crippen LogP contribution in [0.4, 0.5) is 0 Å². The van der Waals surface area contributed by atoms with Gasteiger partial charge in [0.15, 0.2) is 12.4 Å². The van der Waals surface area contributed by atoms with Crippen LogP contribution in [0.5, 0.6) is 0 Å². The second kappa shape index (κ2) is 4.83. The average molecular weight is 260 g/mol. The number of rotatable bonds is 3. The van der Waals surface area contributed by atoms with Gasteiger partial charge in [0.2, 0.25) is 0 Å². The molecule has 0 aliphatic heterocycles. The van der Waals surface area contributed by atoms with E-state index in [1.807, 2.05) is 0 Å². The fourth-order valence-corrected chi connectivity index (χ4v) is 3.87. The quantitative estimate of drug-likeness (QED) is 0.666. The number of aromatic nitrogens is 1. The van der Waals surface area contributed by atoms with Gasteiger partial charge >= 0.3 is 0 Å². The summed E-state index contributed by atoms with van der Waals surface area (Å²) in [5, 5.41) is 14.0. The maximum absolute atomic E-state index is 12.1. The van der Waals surface area contributed by atoms with Gasteiger partial charge in [-0.2, -0.15) is 4.73 Å². The van der Waals surface area contributed by atoms with Gasteiger partial charge in [-0.3, -0.25) is 4.79 Å². The van der Waals surface area contributed by atoms with E-state index in [-0.39, 0.29) is 11.9 Å². The highest BCUT2D eigenvalue weighted by atomic mass is 16.5. The summed E-state index contributed by atoms with van der Waals surface area (Å²) < 4.78 is 0.691. The first-order valence-electron chi connectivity index (χ1n) is 7.13. The Labute approximate surface area is 113 Å². The minimum atomic E-state index is -0.0733. The van der Waals surface area contributed by atoms with Crippen molar-refractivity contribution in [3.8, 4) is 0 Å². The Morgan fingerprint density at radius 2 is 2.11 bits per heavy atom. The van der Waals surface area contributed by atoms with Crippen LogP contribution in [0.3, 0.4) is 0 Å². The molecule has 1 amide bonds. The summed E-state index contributed by atoms with van der Waals surface area (Å²) in [6.07, 6.45) is 8.04. The molecule has 2 saturated carbocycles. The molecule has 102 valence electrons. The highest BCUT2D eigenvalue weighted by Gasteiger charge is 2.42. The van der Waals surface area contributed by atoms with E-state index in [2.05, 4.69) is 12.2 Å². The van der Waals surface area contributed by atoms with Crippen LogP contribution in [0, 0.1) is 23.0 Å². The Bertz CT molecular complexity index is 472. The molecule has 2 aliphatic carbocycles. The van der Waals surface area contributed by atoms with Gasteiger partial charge in [0.05, 0.1) is 5.56 Å². The first-order chi connectivity index (χ1) is 9.13. The standard InChI is InChI=1S/C15H20N2O2/c1-10(14-9-11-2-3-13(14)8-11)16-15(18)12-4-6-17(19)7-5-12/h4-7,10-11,13-14H,2-3,8-9H2,1H3,(H,16,18)/t10-,11-,13-,14+/m0/s1. The van der Waals surface area contributed by atoms with Crippen molar-refractivity contribution in [2.75, 3.05) is 0 Å². The topological polar surface area (TPSA) is 56.0 Å². The van der Waals surface area contributed by atoms with Crippen molar-refractivity contribution in [3.63, 3.8) is 0 Å². The minimum Gasteiger partial charge on any atom is -0.619 e. The largest absolute Gasteiger partial charge is 0.619 e. The zero-order chi connectivity index (χ0) is 13.4. The van der Waals surface area contributed by atoms with Crippen LogP contribution in [0.15, 0.2) is 24.5 Å². The maximum Gasteiger partial charge on any atom is 0.251 e. The lowest BCUT2D eigenvalue weighted by atomic mass is 9.84. The summed E-state index contributed by atoms with van der Waals surface area (Å²) in [5.74, 6) is 2.26. The number of nitrogens with zero attached hydrogens (tertiary/aromatic N) is 1. The summed E-state index contributed by atoms with van der Waals surface area (Å²) in [6.45, 7) is 2.11. The van der Waals surface area contributed by atoms with Crippen LogP contribution in [-0.4, -0.2) is 11.9 Å². The van der Waals surface area contributed by atoms with Gasteiger partial charge < -0.3 is 10.5 Å². The van der Waals surface area contributed by atoms with E-state index in [0.717, 1.165) is 11.8 Å². The number of amides is 1. The van der Waals surface area contributed by atoms with Crippen molar-refractivity contribution in [2.45, 2.75) is 38.6 Å². The Hall–Kier alpha value is -1.58. The average Bonchev–Trinajstić information content (AvgIpc) is 3.01. The molecule has 4 nitrogen and oxygen atoms in total. The maximum atomic E-state index is 12.1. The molecule has 4 atom stereocenters. The van der Waals surface area contributed by atoms with Gasteiger partial charge in [0.25, 0.3) is 5.91 Å². The molecule has 0 unspecified atom stereocenters. The van der Waals surface area contributed by atoms with Crippen LogP contribution in [0.1, 0.15) is 43.0 Å². The third kappa shape index (κ3) is 2.44.